The second kappa shape index (κ2) is 4.61. The van der Waals surface area contributed by atoms with E-state index >= 15 is 0 Å². The molecule has 0 atom stereocenters. The van der Waals surface area contributed by atoms with Gasteiger partial charge in [0, 0.05) is 0 Å². The van der Waals surface area contributed by atoms with Gasteiger partial charge in [-0.15, -0.1) is 0 Å². The normalized spacial score (nSPS) is 10.5. The number of carboxylic acids is 1. The molecule has 1 rings (SSSR count). The van der Waals surface area contributed by atoms with E-state index in [1.54, 1.807) is 11.9 Å². The van der Waals surface area contributed by atoms with Crippen LogP contribution in [-0.4, -0.2) is 35.5 Å². The van der Waals surface area contributed by atoms with Crippen molar-refractivity contribution in [2.75, 3.05) is 13.6 Å². The fraction of sp³-hybridized carbons (Fsp3) is 0.333. The van der Waals surface area contributed by atoms with Crippen molar-refractivity contribution in [3.05, 3.63) is 23.7 Å². The first-order valence-corrected chi connectivity index (χ1v) is 4.26. The van der Waals surface area contributed by atoms with Gasteiger partial charge in [0.2, 0.25) is 5.91 Å². The zero-order chi connectivity index (χ0) is 11.4. The minimum atomic E-state index is -1.04. The van der Waals surface area contributed by atoms with Crippen LogP contribution >= 0.6 is 0 Å². The van der Waals surface area contributed by atoms with E-state index in [0.29, 0.717) is 12.3 Å². The van der Waals surface area contributed by atoms with Crippen LogP contribution in [0.1, 0.15) is 16.1 Å². The number of primary amides is 1. The molecule has 1 heterocycles. The number of carboxylic acid groups (broad SMARTS) is 1. The monoisotopic (exact) mass is 212 g/mol. The molecule has 15 heavy (non-hydrogen) atoms. The number of furan rings is 1. The van der Waals surface area contributed by atoms with E-state index < -0.39 is 11.9 Å². The lowest BCUT2D eigenvalue weighted by Gasteiger charge is -2.11. The first-order valence-electron chi connectivity index (χ1n) is 4.26. The molecule has 0 aromatic carbocycles. The third kappa shape index (κ3) is 3.43. The number of carbonyl (C=O) groups excluding carboxylic acids is 1. The van der Waals surface area contributed by atoms with Crippen LogP contribution in [0.4, 0.5) is 0 Å². The van der Waals surface area contributed by atoms with E-state index in [4.69, 9.17) is 15.3 Å². The van der Waals surface area contributed by atoms with Crippen molar-refractivity contribution in [1.29, 1.82) is 0 Å². The van der Waals surface area contributed by atoms with Gasteiger partial charge in [0.25, 0.3) is 0 Å². The molecule has 0 aliphatic heterocycles. The molecule has 0 fully saturated rings. The van der Waals surface area contributed by atoms with Gasteiger partial charge in [-0.2, -0.15) is 0 Å². The Kier molecular flexibility index (Phi) is 3.46. The molecule has 1 aromatic rings. The van der Waals surface area contributed by atoms with Gasteiger partial charge in [-0.25, -0.2) is 4.79 Å². The third-order valence-corrected chi connectivity index (χ3v) is 1.75. The van der Waals surface area contributed by atoms with Crippen molar-refractivity contribution < 1.29 is 19.1 Å². The summed E-state index contributed by atoms with van der Waals surface area (Å²) in [6, 6.07) is 1.42. The number of rotatable bonds is 5. The molecule has 0 saturated carbocycles. The lowest BCUT2D eigenvalue weighted by atomic mass is 10.3. The molecule has 3 N–H and O–H groups in total. The summed E-state index contributed by atoms with van der Waals surface area (Å²) in [5.41, 5.74) is 5.09. The maximum absolute atomic E-state index is 10.6. The highest BCUT2D eigenvalue weighted by atomic mass is 16.4. The zero-order valence-corrected chi connectivity index (χ0v) is 8.27. The summed E-state index contributed by atoms with van der Waals surface area (Å²) in [4.78, 5) is 22.7. The third-order valence-electron chi connectivity index (χ3n) is 1.75. The first-order chi connectivity index (χ1) is 6.99. The molecule has 0 radical (unpaired) electrons. The largest absolute Gasteiger partial charge is 0.478 e. The molecule has 0 unspecified atom stereocenters. The van der Waals surface area contributed by atoms with E-state index in [9.17, 15) is 9.59 Å². The molecule has 1 aromatic heterocycles. The quantitative estimate of drug-likeness (QED) is 0.710. The van der Waals surface area contributed by atoms with Crippen molar-refractivity contribution in [3.8, 4) is 0 Å². The SMILES string of the molecule is CN(CC(N)=O)Cc1cc(C(=O)O)co1. The molecule has 82 valence electrons. The Balaban J connectivity index is 2.57. The average Bonchev–Trinajstić information content (AvgIpc) is 2.50. The van der Waals surface area contributed by atoms with Crippen LogP contribution in [0.5, 0.6) is 0 Å². The van der Waals surface area contributed by atoms with E-state index in [1.807, 2.05) is 0 Å². The zero-order valence-electron chi connectivity index (χ0n) is 8.27. The average molecular weight is 212 g/mol. The van der Waals surface area contributed by atoms with Gasteiger partial charge in [0.15, 0.2) is 0 Å². The van der Waals surface area contributed by atoms with Crippen LogP contribution in [0.25, 0.3) is 0 Å². The van der Waals surface area contributed by atoms with Crippen LogP contribution in [0, 0.1) is 0 Å². The highest BCUT2D eigenvalue weighted by molar-refractivity contribution is 5.87. The molecular formula is C9H12N2O4. The fourth-order valence-corrected chi connectivity index (χ4v) is 1.16. The van der Waals surface area contributed by atoms with Crippen molar-refractivity contribution in [2.24, 2.45) is 5.73 Å². The van der Waals surface area contributed by atoms with Gasteiger partial charge in [-0.05, 0) is 13.1 Å². The minimum Gasteiger partial charge on any atom is -0.478 e. The highest BCUT2D eigenvalue weighted by Crippen LogP contribution is 2.09. The van der Waals surface area contributed by atoms with E-state index in [1.165, 1.54) is 6.07 Å². The Bertz CT molecular complexity index is 372. The summed E-state index contributed by atoms with van der Waals surface area (Å²) in [7, 11) is 1.69. The molecule has 0 aliphatic rings. The van der Waals surface area contributed by atoms with E-state index in [0.717, 1.165) is 6.26 Å². The number of nitrogens with two attached hydrogens (primary N) is 1. The Labute approximate surface area is 86.3 Å². The topological polar surface area (TPSA) is 96.8 Å². The Morgan fingerprint density at radius 2 is 2.27 bits per heavy atom. The number of hydrogen-bond donors (Lipinski definition) is 2. The Morgan fingerprint density at radius 1 is 1.60 bits per heavy atom. The maximum Gasteiger partial charge on any atom is 0.338 e. The van der Waals surface area contributed by atoms with E-state index in [2.05, 4.69) is 0 Å². The van der Waals surface area contributed by atoms with Crippen LogP contribution in [-0.2, 0) is 11.3 Å². The summed E-state index contributed by atoms with van der Waals surface area (Å²) < 4.78 is 5.00. The van der Waals surface area contributed by atoms with Gasteiger partial charge < -0.3 is 15.3 Å². The van der Waals surface area contributed by atoms with Crippen molar-refractivity contribution in [3.63, 3.8) is 0 Å². The van der Waals surface area contributed by atoms with Crippen LogP contribution in [0.3, 0.4) is 0 Å². The molecule has 0 bridgehead atoms. The smallest absolute Gasteiger partial charge is 0.338 e. The molecule has 6 heteroatoms. The second-order valence-electron chi connectivity index (χ2n) is 3.25. The van der Waals surface area contributed by atoms with Gasteiger partial charge in [-0.3, -0.25) is 9.69 Å². The fourth-order valence-electron chi connectivity index (χ4n) is 1.16. The van der Waals surface area contributed by atoms with Crippen LogP contribution < -0.4 is 5.73 Å². The van der Waals surface area contributed by atoms with Gasteiger partial charge in [0.1, 0.15) is 12.0 Å². The molecule has 1 amide bonds. The van der Waals surface area contributed by atoms with Crippen LogP contribution in [0.2, 0.25) is 0 Å². The molecule has 0 aliphatic carbocycles. The molecule has 0 spiro atoms. The highest BCUT2D eigenvalue weighted by Gasteiger charge is 2.10. The number of likely N-dealkylation sites (N-methyl/N-ethyl adjacent to an activating group) is 1. The number of carbonyl (C=O) groups is 2. The number of nitrogens with zero attached hydrogens (tertiary/aromatic N) is 1. The standard InChI is InChI=1S/C9H12N2O4/c1-11(4-8(10)12)3-7-2-6(5-15-7)9(13)14/h2,5H,3-4H2,1H3,(H2,10,12)(H,13,14). The van der Waals surface area contributed by atoms with Crippen molar-refractivity contribution in [2.45, 2.75) is 6.54 Å². The lowest BCUT2D eigenvalue weighted by Crippen LogP contribution is -2.30. The predicted octanol–water partition coefficient (Wildman–Crippen LogP) is -0.105. The predicted molar refractivity (Wildman–Crippen MR) is 51.2 cm³/mol. The summed E-state index contributed by atoms with van der Waals surface area (Å²) in [6.45, 7) is 0.444. The van der Waals surface area contributed by atoms with Crippen molar-refractivity contribution in [1.82, 2.24) is 4.90 Å². The molecule has 6 nitrogen and oxygen atoms in total. The van der Waals surface area contributed by atoms with Gasteiger partial charge >= 0.3 is 5.97 Å². The summed E-state index contributed by atoms with van der Waals surface area (Å²) in [5.74, 6) is -0.999. The summed E-state index contributed by atoms with van der Waals surface area (Å²) in [5, 5.41) is 8.63. The Hall–Kier alpha value is -1.82. The maximum atomic E-state index is 10.6. The second-order valence-corrected chi connectivity index (χ2v) is 3.25. The number of hydrogen-bond acceptors (Lipinski definition) is 4. The summed E-state index contributed by atoms with van der Waals surface area (Å²) in [6.07, 6.45) is 1.16. The molecule has 0 saturated heterocycles. The van der Waals surface area contributed by atoms with Gasteiger partial charge in [0.05, 0.1) is 18.7 Å². The van der Waals surface area contributed by atoms with Crippen LogP contribution in [0.15, 0.2) is 16.7 Å². The van der Waals surface area contributed by atoms with E-state index in [-0.39, 0.29) is 12.1 Å². The number of aromatic carboxylic acids is 1. The molecular weight excluding hydrogens is 200 g/mol. The minimum absolute atomic E-state index is 0.0949. The Morgan fingerprint density at radius 3 is 2.73 bits per heavy atom. The summed E-state index contributed by atoms with van der Waals surface area (Å²) >= 11 is 0. The lowest BCUT2D eigenvalue weighted by molar-refractivity contribution is -0.119. The van der Waals surface area contributed by atoms with Gasteiger partial charge in [-0.1, -0.05) is 0 Å². The van der Waals surface area contributed by atoms with Crippen molar-refractivity contribution >= 4 is 11.9 Å². The first kappa shape index (κ1) is 11.3. The number of amides is 1.